The molecule has 2 rings (SSSR count). The maximum Gasteiger partial charge on any atom is 0.00504 e. The first-order valence-corrected chi connectivity index (χ1v) is 8.96. The SMILES string of the molecule is CCNCC1(CN2CC(C)CC(C)C2)CCC(C)CC1. The molecule has 1 heterocycles. The number of piperidine rings is 1. The lowest BCUT2D eigenvalue weighted by Crippen LogP contribution is -2.49. The van der Waals surface area contributed by atoms with Crippen LogP contribution < -0.4 is 5.32 Å². The predicted molar refractivity (Wildman–Crippen MR) is 88.0 cm³/mol. The Hall–Kier alpha value is -0.0800. The molecular weight excluding hydrogens is 244 g/mol. The fourth-order valence-electron chi connectivity index (χ4n) is 4.55. The van der Waals surface area contributed by atoms with Gasteiger partial charge in [-0.05, 0) is 49.0 Å². The molecule has 0 bridgehead atoms. The van der Waals surface area contributed by atoms with Crippen molar-refractivity contribution >= 4 is 0 Å². The second-order valence-corrected chi connectivity index (χ2v) is 8.10. The van der Waals surface area contributed by atoms with Crippen molar-refractivity contribution in [2.45, 2.75) is 59.8 Å². The molecule has 2 atom stereocenters. The normalized spacial score (nSPS) is 39.9. The van der Waals surface area contributed by atoms with E-state index in [1.807, 2.05) is 0 Å². The van der Waals surface area contributed by atoms with Gasteiger partial charge in [0.05, 0.1) is 0 Å². The highest BCUT2D eigenvalue weighted by atomic mass is 15.1. The fraction of sp³-hybridized carbons (Fsp3) is 1.00. The van der Waals surface area contributed by atoms with Crippen molar-refractivity contribution in [2.75, 3.05) is 32.7 Å². The Morgan fingerprint density at radius 2 is 1.60 bits per heavy atom. The van der Waals surface area contributed by atoms with Crippen LogP contribution in [0, 0.1) is 23.2 Å². The Labute approximate surface area is 126 Å². The summed E-state index contributed by atoms with van der Waals surface area (Å²) >= 11 is 0. The van der Waals surface area contributed by atoms with E-state index in [0.717, 1.165) is 24.3 Å². The average molecular weight is 280 g/mol. The fourth-order valence-corrected chi connectivity index (χ4v) is 4.55. The van der Waals surface area contributed by atoms with E-state index in [1.165, 1.54) is 58.3 Å². The lowest BCUT2D eigenvalue weighted by Gasteiger charge is -2.45. The number of likely N-dealkylation sites (tertiary alicyclic amines) is 1. The van der Waals surface area contributed by atoms with E-state index in [9.17, 15) is 0 Å². The molecule has 118 valence electrons. The third-order valence-corrected chi connectivity index (χ3v) is 5.59. The largest absolute Gasteiger partial charge is 0.316 e. The van der Waals surface area contributed by atoms with E-state index in [0.29, 0.717) is 5.41 Å². The van der Waals surface area contributed by atoms with Gasteiger partial charge in [-0.2, -0.15) is 0 Å². The highest BCUT2D eigenvalue weighted by molar-refractivity contribution is 4.90. The van der Waals surface area contributed by atoms with E-state index in [-0.39, 0.29) is 0 Å². The van der Waals surface area contributed by atoms with E-state index in [4.69, 9.17) is 0 Å². The minimum absolute atomic E-state index is 0.555. The molecule has 1 aliphatic carbocycles. The van der Waals surface area contributed by atoms with Gasteiger partial charge in [0.1, 0.15) is 0 Å². The van der Waals surface area contributed by atoms with Crippen LogP contribution in [-0.2, 0) is 0 Å². The zero-order valence-corrected chi connectivity index (χ0v) is 14.3. The maximum atomic E-state index is 3.66. The lowest BCUT2D eigenvalue weighted by atomic mass is 9.70. The highest BCUT2D eigenvalue weighted by Gasteiger charge is 2.36. The summed E-state index contributed by atoms with van der Waals surface area (Å²) in [5, 5.41) is 3.66. The van der Waals surface area contributed by atoms with E-state index in [1.54, 1.807) is 0 Å². The van der Waals surface area contributed by atoms with Crippen LogP contribution in [0.25, 0.3) is 0 Å². The van der Waals surface area contributed by atoms with Gasteiger partial charge in [0.15, 0.2) is 0 Å². The summed E-state index contributed by atoms with van der Waals surface area (Å²) in [6.45, 7) is 15.9. The molecule has 0 aromatic heterocycles. The van der Waals surface area contributed by atoms with E-state index < -0.39 is 0 Å². The number of hydrogen-bond donors (Lipinski definition) is 1. The third-order valence-electron chi connectivity index (χ3n) is 5.59. The van der Waals surface area contributed by atoms with Crippen LogP contribution in [0.3, 0.4) is 0 Å². The van der Waals surface area contributed by atoms with E-state index >= 15 is 0 Å². The van der Waals surface area contributed by atoms with Gasteiger partial charge >= 0.3 is 0 Å². The molecule has 20 heavy (non-hydrogen) atoms. The summed E-state index contributed by atoms with van der Waals surface area (Å²) in [6, 6.07) is 0. The van der Waals surface area contributed by atoms with Gasteiger partial charge in [-0.15, -0.1) is 0 Å². The Morgan fingerprint density at radius 1 is 1.00 bits per heavy atom. The van der Waals surface area contributed by atoms with Gasteiger partial charge in [-0.1, -0.05) is 40.5 Å². The van der Waals surface area contributed by atoms with Gasteiger partial charge in [0.25, 0.3) is 0 Å². The molecule has 0 radical (unpaired) electrons. The summed E-state index contributed by atoms with van der Waals surface area (Å²) in [5.74, 6) is 2.72. The first-order valence-electron chi connectivity index (χ1n) is 8.96. The Bertz CT molecular complexity index is 266. The third kappa shape index (κ3) is 4.46. The molecule has 2 nitrogen and oxygen atoms in total. The van der Waals surface area contributed by atoms with Gasteiger partial charge in [-0.3, -0.25) is 0 Å². The first kappa shape index (κ1) is 16.3. The minimum Gasteiger partial charge on any atom is -0.316 e. The molecule has 2 heteroatoms. The standard InChI is InChI=1S/C18H36N2/c1-5-19-13-18(8-6-15(2)7-9-18)14-20-11-16(3)10-17(4)12-20/h15-17,19H,5-14H2,1-4H3. The minimum atomic E-state index is 0.555. The average Bonchev–Trinajstić information content (AvgIpc) is 2.39. The van der Waals surface area contributed by atoms with Gasteiger partial charge in [0.2, 0.25) is 0 Å². The zero-order valence-electron chi connectivity index (χ0n) is 14.3. The topological polar surface area (TPSA) is 15.3 Å². The molecule has 2 fully saturated rings. The molecule has 2 unspecified atom stereocenters. The Kier molecular flexibility index (Phi) is 5.92. The molecule has 1 aliphatic heterocycles. The second kappa shape index (κ2) is 7.26. The van der Waals surface area contributed by atoms with Gasteiger partial charge in [0, 0.05) is 26.2 Å². The van der Waals surface area contributed by atoms with Crippen LogP contribution in [0.15, 0.2) is 0 Å². The monoisotopic (exact) mass is 280 g/mol. The van der Waals surface area contributed by atoms with Crippen LogP contribution in [0.2, 0.25) is 0 Å². The second-order valence-electron chi connectivity index (χ2n) is 8.10. The van der Waals surface area contributed by atoms with Crippen LogP contribution in [0.5, 0.6) is 0 Å². The summed E-state index contributed by atoms with van der Waals surface area (Å²) in [6.07, 6.45) is 7.16. The van der Waals surface area contributed by atoms with Gasteiger partial charge in [-0.25, -0.2) is 0 Å². The summed E-state index contributed by atoms with van der Waals surface area (Å²) in [4.78, 5) is 2.78. The molecule has 0 aromatic carbocycles. The zero-order chi connectivity index (χ0) is 14.6. The summed E-state index contributed by atoms with van der Waals surface area (Å²) in [7, 11) is 0. The predicted octanol–water partition coefficient (Wildman–Crippen LogP) is 3.77. The number of nitrogens with one attached hydrogen (secondary N) is 1. The van der Waals surface area contributed by atoms with Crippen molar-refractivity contribution in [3.63, 3.8) is 0 Å². The van der Waals surface area contributed by atoms with Crippen molar-refractivity contribution in [3.05, 3.63) is 0 Å². The van der Waals surface area contributed by atoms with Crippen LogP contribution >= 0.6 is 0 Å². The van der Waals surface area contributed by atoms with Crippen LogP contribution in [0.4, 0.5) is 0 Å². The molecule has 1 N–H and O–H groups in total. The van der Waals surface area contributed by atoms with Crippen LogP contribution in [-0.4, -0.2) is 37.6 Å². The summed E-state index contributed by atoms with van der Waals surface area (Å²) < 4.78 is 0. The molecule has 2 aliphatic rings. The van der Waals surface area contributed by atoms with Crippen molar-refractivity contribution in [3.8, 4) is 0 Å². The molecule has 0 aromatic rings. The quantitative estimate of drug-likeness (QED) is 0.824. The molecule has 1 saturated heterocycles. The van der Waals surface area contributed by atoms with Crippen molar-refractivity contribution in [1.29, 1.82) is 0 Å². The number of rotatable bonds is 5. The number of nitrogens with zero attached hydrogens (tertiary/aromatic N) is 1. The van der Waals surface area contributed by atoms with Crippen molar-refractivity contribution in [2.24, 2.45) is 23.2 Å². The maximum absolute atomic E-state index is 3.66. The smallest absolute Gasteiger partial charge is 0.00504 e. The van der Waals surface area contributed by atoms with Gasteiger partial charge < -0.3 is 10.2 Å². The summed E-state index contributed by atoms with van der Waals surface area (Å²) in [5.41, 5.74) is 0.555. The van der Waals surface area contributed by atoms with Crippen molar-refractivity contribution < 1.29 is 0 Å². The van der Waals surface area contributed by atoms with Crippen LogP contribution in [0.1, 0.15) is 59.8 Å². The molecule has 1 saturated carbocycles. The lowest BCUT2D eigenvalue weighted by molar-refractivity contribution is 0.0498. The number of hydrogen-bond acceptors (Lipinski definition) is 2. The molecule has 0 spiro atoms. The molecule has 0 amide bonds. The Morgan fingerprint density at radius 3 is 2.15 bits per heavy atom. The molecular formula is C18H36N2. The first-order chi connectivity index (χ1) is 9.53. The van der Waals surface area contributed by atoms with E-state index in [2.05, 4.69) is 37.9 Å². The highest BCUT2D eigenvalue weighted by Crippen LogP contribution is 2.40. The Balaban J connectivity index is 1.96. The van der Waals surface area contributed by atoms with Crippen molar-refractivity contribution in [1.82, 2.24) is 10.2 Å².